The summed E-state index contributed by atoms with van der Waals surface area (Å²) in [5.74, 6) is 0.431. The third-order valence-corrected chi connectivity index (χ3v) is 3.73. The molecule has 2 aromatic rings. The zero-order chi connectivity index (χ0) is 14.4. The summed E-state index contributed by atoms with van der Waals surface area (Å²) in [6, 6.07) is 10.7. The van der Waals surface area contributed by atoms with Crippen molar-refractivity contribution in [3.05, 3.63) is 54.0 Å². The molecule has 106 valence electrons. The number of aromatic nitrogens is 1. The van der Waals surface area contributed by atoms with Gasteiger partial charge in [0.1, 0.15) is 10.8 Å². The quantitative estimate of drug-likeness (QED) is 0.866. The van der Waals surface area contributed by atoms with Crippen LogP contribution in [0.5, 0.6) is 0 Å². The lowest BCUT2D eigenvalue weighted by Gasteiger charge is -2.07. The van der Waals surface area contributed by atoms with Gasteiger partial charge in [0, 0.05) is 17.6 Å². The van der Waals surface area contributed by atoms with E-state index < -0.39 is 0 Å². The van der Waals surface area contributed by atoms with E-state index in [1.165, 1.54) is 17.8 Å². The standard InChI is InChI=1S/C16H19FN2S/c1-12(2)9-18-10-13-7-8-16(19-11-13)20-15-6-4-3-5-14(15)17/h3-8,11-12,18H,9-10H2,1-2H3. The summed E-state index contributed by atoms with van der Waals surface area (Å²) in [6.07, 6.45) is 1.84. The first-order valence-corrected chi connectivity index (χ1v) is 7.55. The number of pyridine rings is 1. The molecule has 1 aromatic heterocycles. The van der Waals surface area contributed by atoms with E-state index in [1.54, 1.807) is 12.1 Å². The Balaban J connectivity index is 1.93. The van der Waals surface area contributed by atoms with Crippen molar-refractivity contribution >= 4 is 11.8 Å². The fourth-order valence-electron chi connectivity index (χ4n) is 1.72. The molecule has 0 radical (unpaired) electrons. The molecule has 0 aliphatic heterocycles. The number of rotatable bonds is 6. The molecule has 2 nitrogen and oxygen atoms in total. The van der Waals surface area contributed by atoms with E-state index in [4.69, 9.17) is 0 Å². The number of halogens is 1. The molecule has 0 aliphatic carbocycles. The van der Waals surface area contributed by atoms with Crippen molar-refractivity contribution in [2.24, 2.45) is 5.92 Å². The zero-order valence-corrected chi connectivity index (χ0v) is 12.6. The average molecular weight is 290 g/mol. The Morgan fingerprint density at radius 2 is 2.00 bits per heavy atom. The lowest BCUT2D eigenvalue weighted by Crippen LogP contribution is -2.18. The SMILES string of the molecule is CC(C)CNCc1ccc(Sc2ccccc2F)nc1. The molecule has 0 saturated carbocycles. The smallest absolute Gasteiger partial charge is 0.137 e. The first-order chi connectivity index (χ1) is 9.65. The van der Waals surface area contributed by atoms with Gasteiger partial charge in [-0.25, -0.2) is 9.37 Å². The molecule has 0 amide bonds. The Hall–Kier alpha value is -1.39. The molecule has 0 atom stereocenters. The molecule has 0 fully saturated rings. The Bertz CT molecular complexity index is 540. The van der Waals surface area contributed by atoms with Crippen molar-refractivity contribution in [2.45, 2.75) is 30.3 Å². The number of hydrogen-bond donors (Lipinski definition) is 1. The van der Waals surface area contributed by atoms with Crippen LogP contribution < -0.4 is 5.32 Å². The van der Waals surface area contributed by atoms with Gasteiger partial charge >= 0.3 is 0 Å². The van der Waals surface area contributed by atoms with Gasteiger partial charge in [0.2, 0.25) is 0 Å². The van der Waals surface area contributed by atoms with Crippen LogP contribution in [0.25, 0.3) is 0 Å². The topological polar surface area (TPSA) is 24.9 Å². The van der Waals surface area contributed by atoms with Crippen LogP contribution in [0, 0.1) is 11.7 Å². The van der Waals surface area contributed by atoms with Gasteiger partial charge in [-0.15, -0.1) is 0 Å². The minimum atomic E-state index is -0.207. The van der Waals surface area contributed by atoms with Crippen molar-refractivity contribution < 1.29 is 4.39 Å². The highest BCUT2D eigenvalue weighted by Gasteiger charge is 2.04. The molecule has 1 aromatic carbocycles. The maximum Gasteiger partial charge on any atom is 0.137 e. The first kappa shape index (κ1) is 15.0. The van der Waals surface area contributed by atoms with Crippen LogP contribution in [0.3, 0.4) is 0 Å². The van der Waals surface area contributed by atoms with Crippen LogP contribution in [0.4, 0.5) is 4.39 Å². The summed E-state index contributed by atoms with van der Waals surface area (Å²) in [5, 5.41) is 4.18. The van der Waals surface area contributed by atoms with Crippen LogP contribution in [0.15, 0.2) is 52.5 Å². The molecule has 2 rings (SSSR count). The molecule has 20 heavy (non-hydrogen) atoms. The Kier molecular flexibility index (Phi) is 5.56. The minimum absolute atomic E-state index is 0.207. The van der Waals surface area contributed by atoms with Gasteiger partial charge in [0.05, 0.1) is 0 Å². The van der Waals surface area contributed by atoms with Crippen molar-refractivity contribution in [3.8, 4) is 0 Å². The number of hydrogen-bond acceptors (Lipinski definition) is 3. The molecular formula is C16H19FN2S. The second kappa shape index (κ2) is 7.41. The van der Waals surface area contributed by atoms with Crippen molar-refractivity contribution in [1.82, 2.24) is 10.3 Å². The minimum Gasteiger partial charge on any atom is -0.312 e. The maximum absolute atomic E-state index is 13.5. The molecule has 1 heterocycles. The molecule has 1 N–H and O–H groups in total. The number of nitrogens with zero attached hydrogens (tertiary/aromatic N) is 1. The fourth-order valence-corrected chi connectivity index (χ4v) is 2.50. The highest BCUT2D eigenvalue weighted by atomic mass is 32.2. The van der Waals surface area contributed by atoms with Crippen LogP contribution in [0.2, 0.25) is 0 Å². The number of benzene rings is 1. The van der Waals surface area contributed by atoms with Crippen molar-refractivity contribution in [2.75, 3.05) is 6.54 Å². The lowest BCUT2D eigenvalue weighted by atomic mass is 10.2. The van der Waals surface area contributed by atoms with Gasteiger partial charge in [-0.3, -0.25) is 0 Å². The van der Waals surface area contributed by atoms with E-state index in [0.29, 0.717) is 10.8 Å². The third kappa shape index (κ3) is 4.62. The largest absolute Gasteiger partial charge is 0.312 e. The van der Waals surface area contributed by atoms with Gasteiger partial charge in [-0.2, -0.15) is 0 Å². The normalized spacial score (nSPS) is 11.0. The second-order valence-electron chi connectivity index (χ2n) is 5.06. The van der Waals surface area contributed by atoms with E-state index >= 15 is 0 Å². The summed E-state index contributed by atoms with van der Waals surface area (Å²) in [6.45, 7) is 6.17. The van der Waals surface area contributed by atoms with E-state index in [9.17, 15) is 4.39 Å². The van der Waals surface area contributed by atoms with Gasteiger partial charge in [-0.1, -0.05) is 43.8 Å². The second-order valence-corrected chi connectivity index (χ2v) is 6.12. The molecule has 0 unspecified atom stereocenters. The molecule has 0 aliphatic rings. The highest BCUT2D eigenvalue weighted by molar-refractivity contribution is 7.99. The fraction of sp³-hybridized carbons (Fsp3) is 0.312. The van der Waals surface area contributed by atoms with E-state index in [2.05, 4.69) is 24.1 Å². The van der Waals surface area contributed by atoms with E-state index in [-0.39, 0.29) is 5.82 Å². The summed E-state index contributed by atoms with van der Waals surface area (Å²) in [4.78, 5) is 4.97. The monoisotopic (exact) mass is 290 g/mol. The van der Waals surface area contributed by atoms with E-state index in [0.717, 1.165) is 23.7 Å². The highest BCUT2D eigenvalue weighted by Crippen LogP contribution is 2.27. The van der Waals surface area contributed by atoms with Crippen LogP contribution in [-0.2, 0) is 6.54 Å². The summed E-state index contributed by atoms with van der Waals surface area (Å²) < 4.78 is 13.5. The third-order valence-electron chi connectivity index (χ3n) is 2.73. The van der Waals surface area contributed by atoms with Gasteiger partial charge in [0.25, 0.3) is 0 Å². The first-order valence-electron chi connectivity index (χ1n) is 6.73. The van der Waals surface area contributed by atoms with Crippen LogP contribution >= 0.6 is 11.8 Å². The van der Waals surface area contributed by atoms with E-state index in [1.807, 2.05) is 24.4 Å². The Morgan fingerprint density at radius 1 is 1.20 bits per heavy atom. The Morgan fingerprint density at radius 3 is 2.65 bits per heavy atom. The molecule has 0 bridgehead atoms. The summed E-state index contributed by atoms with van der Waals surface area (Å²) in [5.41, 5.74) is 1.14. The predicted molar refractivity (Wildman–Crippen MR) is 81.3 cm³/mol. The van der Waals surface area contributed by atoms with Crippen LogP contribution in [0.1, 0.15) is 19.4 Å². The van der Waals surface area contributed by atoms with Crippen molar-refractivity contribution in [3.63, 3.8) is 0 Å². The van der Waals surface area contributed by atoms with Crippen LogP contribution in [-0.4, -0.2) is 11.5 Å². The average Bonchev–Trinajstić information content (AvgIpc) is 2.43. The molecular weight excluding hydrogens is 271 g/mol. The number of nitrogens with one attached hydrogen (secondary N) is 1. The summed E-state index contributed by atoms with van der Waals surface area (Å²) in [7, 11) is 0. The van der Waals surface area contributed by atoms with Gasteiger partial charge < -0.3 is 5.32 Å². The maximum atomic E-state index is 13.5. The summed E-state index contributed by atoms with van der Waals surface area (Å²) >= 11 is 1.35. The zero-order valence-electron chi connectivity index (χ0n) is 11.8. The predicted octanol–water partition coefficient (Wildman–Crippen LogP) is 4.12. The lowest BCUT2D eigenvalue weighted by molar-refractivity contribution is 0.551. The van der Waals surface area contributed by atoms with Gasteiger partial charge in [-0.05, 0) is 36.2 Å². The molecule has 0 saturated heterocycles. The van der Waals surface area contributed by atoms with Crippen molar-refractivity contribution in [1.29, 1.82) is 0 Å². The molecule has 4 heteroatoms. The molecule has 0 spiro atoms. The Labute approximate surface area is 123 Å². The van der Waals surface area contributed by atoms with Gasteiger partial charge in [0.15, 0.2) is 0 Å².